The van der Waals surface area contributed by atoms with E-state index in [0.29, 0.717) is 46.2 Å². The van der Waals surface area contributed by atoms with Crippen LogP contribution >= 0.6 is 0 Å². The maximum absolute atomic E-state index is 8.37. The van der Waals surface area contributed by atoms with Crippen LogP contribution in [0.3, 0.4) is 0 Å². The standard InChI is InChI=1S/C8H19NO5/c9-1-3-11-5-7-13-14-8-6-12-4-2-10/h10H,1-9H2. The third-order valence-corrected chi connectivity index (χ3v) is 1.20. The largest absolute Gasteiger partial charge is 0.394 e. The van der Waals surface area contributed by atoms with Gasteiger partial charge in [0.1, 0.15) is 13.2 Å². The Bertz CT molecular complexity index is 91.7. The second-order valence-corrected chi connectivity index (χ2v) is 2.38. The van der Waals surface area contributed by atoms with E-state index >= 15 is 0 Å². The first-order valence-electron chi connectivity index (χ1n) is 4.62. The van der Waals surface area contributed by atoms with Crippen LogP contribution in [0.5, 0.6) is 0 Å². The van der Waals surface area contributed by atoms with Gasteiger partial charge < -0.3 is 20.3 Å². The summed E-state index contributed by atoms with van der Waals surface area (Å²) in [5, 5.41) is 8.37. The molecule has 0 aromatic carbocycles. The Morgan fingerprint density at radius 2 is 1.36 bits per heavy atom. The van der Waals surface area contributed by atoms with Crippen molar-refractivity contribution in [2.45, 2.75) is 0 Å². The zero-order valence-electron chi connectivity index (χ0n) is 8.31. The number of aliphatic hydroxyl groups excluding tert-OH is 1. The van der Waals surface area contributed by atoms with Crippen LogP contribution in [0.25, 0.3) is 0 Å². The van der Waals surface area contributed by atoms with Crippen molar-refractivity contribution < 1.29 is 24.4 Å². The summed E-state index contributed by atoms with van der Waals surface area (Å²) in [6.07, 6.45) is 0. The predicted octanol–water partition coefficient (Wildman–Crippen LogP) is -1.08. The zero-order chi connectivity index (χ0) is 10.5. The van der Waals surface area contributed by atoms with Gasteiger partial charge in [0.25, 0.3) is 0 Å². The monoisotopic (exact) mass is 209 g/mol. The van der Waals surface area contributed by atoms with Gasteiger partial charge >= 0.3 is 0 Å². The van der Waals surface area contributed by atoms with Crippen LogP contribution in [0.1, 0.15) is 0 Å². The summed E-state index contributed by atoms with van der Waals surface area (Å²) in [7, 11) is 0. The van der Waals surface area contributed by atoms with Gasteiger partial charge in [0.15, 0.2) is 0 Å². The summed E-state index contributed by atoms with van der Waals surface area (Å²) in [6.45, 7) is 2.98. The van der Waals surface area contributed by atoms with Crippen LogP contribution in [0.2, 0.25) is 0 Å². The highest BCUT2D eigenvalue weighted by Gasteiger charge is 1.91. The van der Waals surface area contributed by atoms with E-state index in [9.17, 15) is 0 Å². The molecule has 0 aliphatic rings. The van der Waals surface area contributed by atoms with Crippen molar-refractivity contribution in [2.24, 2.45) is 5.73 Å². The molecule has 14 heavy (non-hydrogen) atoms. The molecular weight excluding hydrogens is 190 g/mol. The maximum atomic E-state index is 8.37. The number of aliphatic hydroxyl groups is 1. The molecule has 0 aliphatic carbocycles. The van der Waals surface area contributed by atoms with E-state index < -0.39 is 0 Å². The molecule has 6 nitrogen and oxygen atoms in total. The minimum absolute atomic E-state index is 0.0216. The maximum Gasteiger partial charge on any atom is 0.106 e. The molecule has 0 heterocycles. The molecule has 0 bridgehead atoms. The summed E-state index contributed by atoms with van der Waals surface area (Å²) in [5.74, 6) is 0. The van der Waals surface area contributed by atoms with Gasteiger partial charge in [-0.15, -0.1) is 0 Å². The van der Waals surface area contributed by atoms with Gasteiger partial charge in [0.2, 0.25) is 0 Å². The summed E-state index contributed by atoms with van der Waals surface area (Å²) >= 11 is 0. The van der Waals surface area contributed by atoms with Crippen molar-refractivity contribution >= 4 is 0 Å². The van der Waals surface area contributed by atoms with Crippen molar-refractivity contribution in [2.75, 3.05) is 52.8 Å². The van der Waals surface area contributed by atoms with Gasteiger partial charge in [0, 0.05) is 6.54 Å². The fourth-order valence-electron chi connectivity index (χ4n) is 0.656. The normalized spacial score (nSPS) is 10.7. The fraction of sp³-hybridized carbons (Fsp3) is 1.00. The van der Waals surface area contributed by atoms with E-state index in [2.05, 4.69) is 0 Å². The third kappa shape index (κ3) is 11.8. The molecule has 0 atom stereocenters. The molecule has 0 radical (unpaired) electrons. The Kier molecular flexibility index (Phi) is 12.5. The molecular formula is C8H19NO5. The molecule has 0 amide bonds. The Hall–Kier alpha value is -0.240. The van der Waals surface area contributed by atoms with E-state index in [-0.39, 0.29) is 6.61 Å². The Morgan fingerprint density at radius 1 is 0.786 bits per heavy atom. The van der Waals surface area contributed by atoms with Crippen molar-refractivity contribution in [3.8, 4) is 0 Å². The molecule has 0 spiro atoms. The Morgan fingerprint density at radius 3 is 1.86 bits per heavy atom. The number of hydrogen-bond acceptors (Lipinski definition) is 6. The average Bonchev–Trinajstić information content (AvgIpc) is 2.21. The quantitative estimate of drug-likeness (QED) is 0.256. The van der Waals surface area contributed by atoms with E-state index in [1.54, 1.807) is 0 Å². The van der Waals surface area contributed by atoms with E-state index in [1.165, 1.54) is 0 Å². The van der Waals surface area contributed by atoms with Gasteiger partial charge in [-0.1, -0.05) is 0 Å². The Balaban J connectivity index is 2.78. The zero-order valence-corrected chi connectivity index (χ0v) is 8.31. The first kappa shape index (κ1) is 13.8. The Labute approximate surface area is 83.8 Å². The molecule has 0 saturated heterocycles. The molecule has 0 aliphatic heterocycles. The van der Waals surface area contributed by atoms with Crippen LogP contribution in [0, 0.1) is 0 Å². The van der Waals surface area contributed by atoms with Crippen molar-refractivity contribution in [3.05, 3.63) is 0 Å². The van der Waals surface area contributed by atoms with Crippen LogP contribution < -0.4 is 5.73 Å². The summed E-state index contributed by atoms with van der Waals surface area (Å²) in [4.78, 5) is 9.49. The first-order valence-corrected chi connectivity index (χ1v) is 4.62. The minimum atomic E-state index is 0.0216. The van der Waals surface area contributed by atoms with Crippen molar-refractivity contribution in [3.63, 3.8) is 0 Å². The number of hydrogen-bond donors (Lipinski definition) is 2. The summed E-state index contributed by atoms with van der Waals surface area (Å²) in [5.41, 5.74) is 5.20. The molecule has 86 valence electrons. The SMILES string of the molecule is NCCOCCOOCCOCCO. The number of nitrogens with two attached hydrogens (primary N) is 1. The van der Waals surface area contributed by atoms with Crippen LogP contribution in [0.15, 0.2) is 0 Å². The predicted molar refractivity (Wildman–Crippen MR) is 49.7 cm³/mol. The summed E-state index contributed by atoms with van der Waals surface area (Å²) < 4.78 is 9.96. The molecule has 0 unspecified atom stereocenters. The van der Waals surface area contributed by atoms with Crippen molar-refractivity contribution in [1.29, 1.82) is 0 Å². The molecule has 0 aromatic heterocycles. The smallest absolute Gasteiger partial charge is 0.106 e. The highest BCUT2D eigenvalue weighted by molar-refractivity contribution is 4.30. The first-order chi connectivity index (χ1) is 6.91. The van der Waals surface area contributed by atoms with Crippen LogP contribution in [-0.2, 0) is 19.2 Å². The van der Waals surface area contributed by atoms with Crippen molar-refractivity contribution in [1.82, 2.24) is 0 Å². The highest BCUT2D eigenvalue weighted by Crippen LogP contribution is 1.82. The van der Waals surface area contributed by atoms with E-state index in [0.717, 1.165) is 0 Å². The molecule has 0 aromatic rings. The second kappa shape index (κ2) is 12.8. The lowest BCUT2D eigenvalue weighted by atomic mass is 10.7. The van der Waals surface area contributed by atoms with Gasteiger partial charge in [-0.25, -0.2) is 9.78 Å². The molecule has 3 N–H and O–H groups in total. The average molecular weight is 209 g/mol. The number of rotatable bonds is 11. The molecule has 6 heteroatoms. The van der Waals surface area contributed by atoms with Crippen LogP contribution in [-0.4, -0.2) is 57.9 Å². The van der Waals surface area contributed by atoms with Gasteiger partial charge in [0.05, 0.1) is 33.0 Å². The number of ether oxygens (including phenoxy) is 2. The van der Waals surface area contributed by atoms with E-state index in [4.69, 9.17) is 30.1 Å². The summed E-state index contributed by atoms with van der Waals surface area (Å²) in [6, 6.07) is 0. The second-order valence-electron chi connectivity index (χ2n) is 2.38. The lowest BCUT2D eigenvalue weighted by molar-refractivity contribution is -0.303. The molecule has 0 saturated carbocycles. The lowest BCUT2D eigenvalue weighted by Gasteiger charge is -2.04. The lowest BCUT2D eigenvalue weighted by Crippen LogP contribution is -2.13. The highest BCUT2D eigenvalue weighted by atomic mass is 17.2. The van der Waals surface area contributed by atoms with E-state index in [1.807, 2.05) is 0 Å². The third-order valence-electron chi connectivity index (χ3n) is 1.20. The van der Waals surface area contributed by atoms with Gasteiger partial charge in [-0.3, -0.25) is 0 Å². The minimum Gasteiger partial charge on any atom is -0.394 e. The molecule has 0 fully saturated rings. The van der Waals surface area contributed by atoms with Gasteiger partial charge in [-0.05, 0) is 0 Å². The fourth-order valence-corrected chi connectivity index (χ4v) is 0.656. The topological polar surface area (TPSA) is 83.2 Å². The van der Waals surface area contributed by atoms with Gasteiger partial charge in [-0.2, -0.15) is 0 Å². The van der Waals surface area contributed by atoms with Crippen LogP contribution in [0.4, 0.5) is 0 Å². The molecule has 0 rings (SSSR count).